The van der Waals surface area contributed by atoms with Gasteiger partial charge in [0.05, 0.1) is 27.9 Å². The molecule has 1 saturated heterocycles. The summed E-state index contributed by atoms with van der Waals surface area (Å²) in [5.41, 5.74) is -3.96. The van der Waals surface area contributed by atoms with Gasteiger partial charge >= 0.3 is 0 Å². The van der Waals surface area contributed by atoms with Crippen molar-refractivity contribution in [3.63, 3.8) is 0 Å². The number of hydrogen-bond acceptors (Lipinski definition) is 3. The van der Waals surface area contributed by atoms with Crippen molar-refractivity contribution in [3.05, 3.63) is 0 Å². The number of rotatable bonds is 1. The standard InChI is InChI=1S/C7H13BO3/c1-6(4-9)3-5(10)7(2,8)11-6/h5,9-10H,3-4H2,1-2H3/t5-,6-,7+/m0/s1/i3D,4D2,5D/t3?,5-,6-,7+. The van der Waals surface area contributed by atoms with E-state index in [9.17, 15) is 10.2 Å². The van der Waals surface area contributed by atoms with Crippen molar-refractivity contribution in [2.24, 2.45) is 0 Å². The van der Waals surface area contributed by atoms with Gasteiger partial charge in [0.2, 0.25) is 0 Å². The highest BCUT2D eigenvalue weighted by Gasteiger charge is 2.46. The second kappa shape index (κ2) is 2.47. The topological polar surface area (TPSA) is 49.7 Å². The van der Waals surface area contributed by atoms with E-state index in [1.165, 1.54) is 6.92 Å². The van der Waals surface area contributed by atoms with Crippen LogP contribution in [0.15, 0.2) is 0 Å². The Morgan fingerprint density at radius 2 is 2.55 bits per heavy atom. The van der Waals surface area contributed by atoms with E-state index in [1.54, 1.807) is 0 Å². The third-order valence-corrected chi connectivity index (χ3v) is 1.57. The summed E-state index contributed by atoms with van der Waals surface area (Å²) in [6, 6.07) is 0. The summed E-state index contributed by atoms with van der Waals surface area (Å²) in [5.74, 6) is 0. The molecule has 4 atom stereocenters. The first-order valence-corrected chi connectivity index (χ1v) is 3.22. The molecule has 0 aromatic carbocycles. The number of hydrogen-bond donors (Lipinski definition) is 2. The smallest absolute Gasteiger partial charge is 0.117 e. The molecule has 2 N–H and O–H groups in total. The van der Waals surface area contributed by atoms with Gasteiger partial charge in [-0.25, -0.2) is 0 Å². The van der Waals surface area contributed by atoms with E-state index < -0.39 is 30.1 Å². The minimum atomic E-state index is -2.87. The summed E-state index contributed by atoms with van der Waals surface area (Å²) in [6.07, 6.45) is -4.21. The molecule has 62 valence electrons. The summed E-state index contributed by atoms with van der Waals surface area (Å²) in [5, 5.41) is 18.9. The summed E-state index contributed by atoms with van der Waals surface area (Å²) in [7, 11) is 5.46. The van der Waals surface area contributed by atoms with Gasteiger partial charge in [-0.05, 0) is 13.8 Å². The predicted molar refractivity (Wildman–Crippen MR) is 41.4 cm³/mol. The van der Waals surface area contributed by atoms with E-state index >= 15 is 0 Å². The molecule has 1 unspecified atom stereocenters. The summed E-state index contributed by atoms with van der Waals surface area (Å²) in [4.78, 5) is 0. The second-order valence-electron chi connectivity index (χ2n) is 2.96. The van der Waals surface area contributed by atoms with Gasteiger partial charge in [0, 0.05) is 7.77 Å². The van der Waals surface area contributed by atoms with Crippen molar-refractivity contribution in [1.82, 2.24) is 0 Å². The van der Waals surface area contributed by atoms with E-state index in [-0.39, 0.29) is 0 Å². The molecular weight excluding hydrogens is 143 g/mol. The normalized spacial score (nSPS) is 71.5. The Labute approximate surface area is 73.4 Å². The van der Waals surface area contributed by atoms with Crippen molar-refractivity contribution >= 4 is 7.85 Å². The minimum Gasteiger partial charge on any atom is -0.393 e. The Morgan fingerprint density at radius 3 is 2.73 bits per heavy atom. The maximum absolute atomic E-state index is 9.64. The molecule has 4 heteroatoms. The maximum atomic E-state index is 9.64. The van der Waals surface area contributed by atoms with Crippen molar-refractivity contribution < 1.29 is 20.4 Å². The Bertz CT molecular complexity index is 278. The average Bonchev–Trinajstić information content (AvgIpc) is 2.09. The Kier molecular flexibility index (Phi) is 1.09. The highest BCUT2D eigenvalue weighted by molar-refractivity contribution is 6.14. The SMILES string of the molecule is [2H]C1[C@@](C)(C([2H])([2H])O)O[C@]([B])(C)[C@@]1([2H])O. The second-order valence-corrected chi connectivity index (χ2v) is 2.96. The monoisotopic (exact) mass is 160 g/mol. The molecule has 1 heterocycles. The molecule has 3 nitrogen and oxygen atoms in total. The Hall–Kier alpha value is -0.0551. The van der Waals surface area contributed by atoms with Crippen LogP contribution >= 0.6 is 0 Å². The van der Waals surface area contributed by atoms with Gasteiger partial charge in [-0.2, -0.15) is 0 Å². The number of ether oxygens (including phenoxy) is 1. The van der Waals surface area contributed by atoms with Crippen molar-refractivity contribution in [1.29, 1.82) is 0 Å². The van der Waals surface area contributed by atoms with Gasteiger partial charge < -0.3 is 14.9 Å². The highest BCUT2D eigenvalue weighted by Crippen LogP contribution is 2.35. The molecule has 1 fully saturated rings. The van der Waals surface area contributed by atoms with Crippen LogP contribution < -0.4 is 0 Å². The van der Waals surface area contributed by atoms with Gasteiger partial charge in [0.1, 0.15) is 7.85 Å². The third-order valence-electron chi connectivity index (χ3n) is 1.57. The van der Waals surface area contributed by atoms with Crippen molar-refractivity contribution in [2.75, 3.05) is 6.56 Å². The fourth-order valence-corrected chi connectivity index (χ4v) is 0.981. The summed E-state index contributed by atoms with van der Waals surface area (Å²) in [6.45, 7) is -0.605. The van der Waals surface area contributed by atoms with E-state index in [0.717, 1.165) is 6.92 Å². The average molecular weight is 160 g/mol. The molecule has 0 aromatic rings. The first kappa shape index (κ1) is 4.85. The minimum absolute atomic E-state index is 1.10. The van der Waals surface area contributed by atoms with Gasteiger partial charge in [-0.15, -0.1) is 0 Å². The summed E-state index contributed by atoms with van der Waals surface area (Å²) < 4.78 is 34.3. The molecular formula is C7H13BO3. The molecule has 11 heavy (non-hydrogen) atoms. The van der Waals surface area contributed by atoms with Gasteiger partial charge in [-0.3, -0.25) is 0 Å². The van der Waals surface area contributed by atoms with Gasteiger partial charge in [-0.1, -0.05) is 0 Å². The van der Waals surface area contributed by atoms with Crippen LogP contribution in [0.4, 0.5) is 0 Å². The fourth-order valence-electron chi connectivity index (χ4n) is 0.981. The van der Waals surface area contributed by atoms with E-state index in [4.69, 9.17) is 18.1 Å². The van der Waals surface area contributed by atoms with Crippen molar-refractivity contribution in [2.45, 2.75) is 37.4 Å². The van der Waals surface area contributed by atoms with Crippen LogP contribution in [0.2, 0.25) is 0 Å². The molecule has 0 bridgehead atoms. The summed E-state index contributed by atoms with van der Waals surface area (Å²) >= 11 is 0. The van der Waals surface area contributed by atoms with Crippen LogP contribution in [-0.2, 0) is 4.74 Å². The van der Waals surface area contributed by atoms with E-state index in [2.05, 4.69) is 0 Å². The Morgan fingerprint density at radius 1 is 2.00 bits per heavy atom. The lowest BCUT2D eigenvalue weighted by molar-refractivity contribution is -0.0819. The van der Waals surface area contributed by atoms with E-state index in [0.29, 0.717) is 0 Å². The van der Waals surface area contributed by atoms with Crippen LogP contribution in [0, 0.1) is 0 Å². The molecule has 1 aliphatic rings. The van der Waals surface area contributed by atoms with Crippen LogP contribution in [0.1, 0.15) is 25.7 Å². The molecule has 1 aliphatic heterocycles. The lowest BCUT2D eigenvalue weighted by Gasteiger charge is -2.26. The van der Waals surface area contributed by atoms with Crippen LogP contribution in [-0.4, -0.2) is 41.8 Å². The quantitative estimate of drug-likeness (QED) is 0.503. The molecule has 0 aromatic heterocycles. The molecule has 1 rings (SSSR count). The Balaban J connectivity index is 3.21. The highest BCUT2D eigenvalue weighted by atomic mass is 16.6. The maximum Gasteiger partial charge on any atom is 0.117 e. The van der Waals surface area contributed by atoms with Gasteiger partial charge in [0.25, 0.3) is 0 Å². The molecule has 0 amide bonds. The lowest BCUT2D eigenvalue weighted by Crippen LogP contribution is -2.38. The predicted octanol–water partition coefficient (Wildman–Crippen LogP) is -0.597. The molecule has 0 saturated carbocycles. The molecule has 0 spiro atoms. The van der Waals surface area contributed by atoms with Crippen LogP contribution in [0.3, 0.4) is 0 Å². The lowest BCUT2D eigenvalue weighted by atomic mass is 9.79. The van der Waals surface area contributed by atoms with Crippen LogP contribution in [0.25, 0.3) is 0 Å². The first-order valence-electron chi connectivity index (χ1n) is 5.30. The largest absolute Gasteiger partial charge is 0.393 e. The zero-order valence-corrected chi connectivity index (χ0v) is 6.46. The molecule has 0 aliphatic carbocycles. The fraction of sp³-hybridized carbons (Fsp3) is 1.00. The first-order chi connectivity index (χ1) is 6.36. The third kappa shape index (κ3) is 1.58. The van der Waals surface area contributed by atoms with Gasteiger partial charge in [0.15, 0.2) is 0 Å². The number of aliphatic hydroxyl groups is 2. The van der Waals surface area contributed by atoms with Crippen molar-refractivity contribution in [3.8, 4) is 0 Å². The van der Waals surface area contributed by atoms with Crippen LogP contribution in [0.5, 0.6) is 0 Å². The molecule has 2 radical (unpaired) electrons. The zero-order chi connectivity index (χ0) is 12.3. The van der Waals surface area contributed by atoms with E-state index in [1.807, 2.05) is 0 Å². The zero-order valence-electron chi connectivity index (χ0n) is 10.5.